The lowest BCUT2D eigenvalue weighted by atomic mass is 10.1. The molecular formula is C23H22N2O2. The highest BCUT2D eigenvalue weighted by Gasteiger charge is 2.12. The summed E-state index contributed by atoms with van der Waals surface area (Å²) in [4.78, 5) is 0. The zero-order valence-corrected chi connectivity index (χ0v) is 15.4. The van der Waals surface area contributed by atoms with E-state index >= 15 is 0 Å². The summed E-state index contributed by atoms with van der Waals surface area (Å²) in [6.07, 6.45) is 0. The molecule has 27 heavy (non-hydrogen) atoms. The number of nitrogens with zero attached hydrogens (tertiary/aromatic N) is 1. The number of rotatable bonds is 4. The van der Waals surface area contributed by atoms with Gasteiger partial charge in [-0.05, 0) is 48.9 Å². The van der Waals surface area contributed by atoms with E-state index in [0.29, 0.717) is 13.2 Å². The van der Waals surface area contributed by atoms with E-state index in [9.17, 15) is 0 Å². The van der Waals surface area contributed by atoms with Crippen LogP contribution in [0.4, 0.5) is 5.69 Å². The fraction of sp³-hybridized carbons (Fsp3) is 0.217. The van der Waals surface area contributed by atoms with Gasteiger partial charge in [-0.3, -0.25) is 0 Å². The second-order valence-corrected chi connectivity index (χ2v) is 6.82. The highest BCUT2D eigenvalue weighted by molar-refractivity contribution is 6.09. The Kier molecular flexibility index (Phi) is 3.89. The molecule has 1 N–H and O–H groups in total. The van der Waals surface area contributed by atoms with Crippen molar-refractivity contribution in [1.29, 1.82) is 0 Å². The number of aryl methyl sites for hydroxylation is 1. The number of ether oxygens (including phenoxy) is 2. The maximum atomic E-state index is 5.68. The normalized spacial score (nSPS) is 13.2. The number of nitrogens with one attached hydrogen (secondary N) is 1. The van der Waals surface area contributed by atoms with Crippen LogP contribution in [0.3, 0.4) is 0 Å². The first-order valence-corrected chi connectivity index (χ1v) is 9.47. The Hall–Kier alpha value is -3.14. The largest absolute Gasteiger partial charge is 0.486 e. The van der Waals surface area contributed by atoms with Gasteiger partial charge in [0.25, 0.3) is 0 Å². The van der Waals surface area contributed by atoms with Gasteiger partial charge in [0.15, 0.2) is 11.5 Å². The van der Waals surface area contributed by atoms with Gasteiger partial charge < -0.3 is 19.4 Å². The number of hydrogen-bond acceptors (Lipinski definition) is 3. The molecule has 0 aliphatic carbocycles. The first-order valence-electron chi connectivity index (χ1n) is 9.47. The van der Waals surface area contributed by atoms with Crippen molar-refractivity contribution in [1.82, 2.24) is 4.57 Å². The molecule has 4 nitrogen and oxygen atoms in total. The molecule has 3 aromatic carbocycles. The second-order valence-electron chi connectivity index (χ2n) is 6.82. The molecular weight excluding hydrogens is 336 g/mol. The molecule has 0 radical (unpaired) electrons. The van der Waals surface area contributed by atoms with E-state index in [-0.39, 0.29) is 0 Å². The van der Waals surface area contributed by atoms with Crippen molar-refractivity contribution in [3.63, 3.8) is 0 Å². The highest BCUT2D eigenvalue weighted by Crippen LogP contribution is 2.32. The SMILES string of the molecule is CCn1c2ccccc2c2cc(NCc3ccc4c(c3)OCCO4)ccc21. The first-order chi connectivity index (χ1) is 13.3. The van der Waals surface area contributed by atoms with Crippen LogP contribution in [0.1, 0.15) is 12.5 Å². The van der Waals surface area contributed by atoms with E-state index in [4.69, 9.17) is 9.47 Å². The third-order valence-corrected chi connectivity index (χ3v) is 5.19. The van der Waals surface area contributed by atoms with Gasteiger partial charge >= 0.3 is 0 Å². The van der Waals surface area contributed by atoms with Crippen LogP contribution in [0.5, 0.6) is 11.5 Å². The van der Waals surface area contributed by atoms with Gasteiger partial charge in [0, 0.05) is 40.6 Å². The molecule has 0 saturated heterocycles. The van der Waals surface area contributed by atoms with Crippen molar-refractivity contribution in [2.45, 2.75) is 20.0 Å². The standard InChI is InChI=1S/C23H22N2O2/c1-2-25-20-6-4-3-5-18(20)19-14-17(8-9-21(19)25)24-15-16-7-10-22-23(13-16)27-12-11-26-22/h3-10,13-14,24H,2,11-12,15H2,1H3. The maximum Gasteiger partial charge on any atom is 0.161 e. The highest BCUT2D eigenvalue weighted by atomic mass is 16.6. The van der Waals surface area contributed by atoms with E-state index in [1.54, 1.807) is 0 Å². The predicted molar refractivity (Wildman–Crippen MR) is 110 cm³/mol. The van der Waals surface area contributed by atoms with Crippen LogP contribution in [0, 0.1) is 0 Å². The Labute approximate surface area is 158 Å². The fourth-order valence-corrected chi connectivity index (χ4v) is 3.91. The molecule has 4 aromatic rings. The summed E-state index contributed by atoms with van der Waals surface area (Å²) >= 11 is 0. The number of aromatic nitrogens is 1. The summed E-state index contributed by atoms with van der Waals surface area (Å²) in [5.41, 5.74) is 4.87. The van der Waals surface area contributed by atoms with Crippen molar-refractivity contribution >= 4 is 27.5 Å². The Balaban J connectivity index is 1.45. The maximum absolute atomic E-state index is 5.68. The van der Waals surface area contributed by atoms with E-state index in [0.717, 1.165) is 30.3 Å². The minimum atomic E-state index is 0.613. The molecule has 2 heterocycles. The predicted octanol–water partition coefficient (Wildman–Crippen LogP) is 5.20. The second kappa shape index (κ2) is 6.54. The van der Waals surface area contributed by atoms with Crippen LogP contribution < -0.4 is 14.8 Å². The summed E-state index contributed by atoms with van der Waals surface area (Å²) in [6, 6.07) is 21.4. The topological polar surface area (TPSA) is 35.4 Å². The smallest absolute Gasteiger partial charge is 0.161 e. The molecule has 1 aliphatic rings. The molecule has 0 saturated carbocycles. The molecule has 4 heteroatoms. The zero-order valence-electron chi connectivity index (χ0n) is 15.4. The summed E-state index contributed by atoms with van der Waals surface area (Å²) in [5.74, 6) is 1.67. The van der Waals surface area contributed by atoms with Crippen molar-refractivity contribution in [3.05, 3.63) is 66.2 Å². The summed E-state index contributed by atoms with van der Waals surface area (Å²) in [5, 5.41) is 6.14. The van der Waals surface area contributed by atoms with Crippen LogP contribution in [0.2, 0.25) is 0 Å². The van der Waals surface area contributed by atoms with Crippen LogP contribution >= 0.6 is 0 Å². The van der Waals surface area contributed by atoms with Crippen molar-refractivity contribution in [3.8, 4) is 11.5 Å². The lowest BCUT2D eigenvalue weighted by Gasteiger charge is -2.19. The number of hydrogen-bond donors (Lipinski definition) is 1. The quantitative estimate of drug-likeness (QED) is 0.545. The van der Waals surface area contributed by atoms with E-state index in [1.165, 1.54) is 27.4 Å². The summed E-state index contributed by atoms with van der Waals surface area (Å²) < 4.78 is 13.6. The molecule has 1 aliphatic heterocycles. The molecule has 0 amide bonds. The molecule has 1 aromatic heterocycles. The Bertz CT molecular complexity index is 1130. The van der Waals surface area contributed by atoms with Crippen molar-refractivity contribution < 1.29 is 9.47 Å². The van der Waals surface area contributed by atoms with Crippen molar-refractivity contribution in [2.24, 2.45) is 0 Å². The summed E-state index contributed by atoms with van der Waals surface area (Å²) in [6.45, 7) is 5.14. The summed E-state index contributed by atoms with van der Waals surface area (Å²) in [7, 11) is 0. The zero-order chi connectivity index (χ0) is 18.2. The van der Waals surface area contributed by atoms with Gasteiger partial charge in [-0.2, -0.15) is 0 Å². The van der Waals surface area contributed by atoms with Crippen LogP contribution in [-0.4, -0.2) is 17.8 Å². The number of fused-ring (bicyclic) bond motifs is 4. The lowest BCUT2D eigenvalue weighted by Crippen LogP contribution is -2.15. The Morgan fingerprint density at radius 1 is 0.852 bits per heavy atom. The van der Waals surface area contributed by atoms with Gasteiger partial charge in [-0.1, -0.05) is 24.3 Å². The van der Waals surface area contributed by atoms with Crippen LogP contribution in [-0.2, 0) is 13.1 Å². The van der Waals surface area contributed by atoms with Gasteiger partial charge in [-0.15, -0.1) is 0 Å². The average molecular weight is 358 g/mol. The molecule has 0 spiro atoms. The minimum absolute atomic E-state index is 0.613. The van der Waals surface area contributed by atoms with Crippen LogP contribution in [0.15, 0.2) is 60.7 Å². The molecule has 136 valence electrons. The minimum Gasteiger partial charge on any atom is -0.486 e. The lowest BCUT2D eigenvalue weighted by molar-refractivity contribution is 0.171. The van der Waals surface area contributed by atoms with Gasteiger partial charge in [0.05, 0.1) is 0 Å². The van der Waals surface area contributed by atoms with Gasteiger partial charge in [0.2, 0.25) is 0 Å². The number of anilines is 1. The third kappa shape index (κ3) is 2.78. The molecule has 0 unspecified atom stereocenters. The monoisotopic (exact) mass is 358 g/mol. The van der Waals surface area contributed by atoms with Crippen LogP contribution in [0.25, 0.3) is 21.8 Å². The van der Waals surface area contributed by atoms with Gasteiger partial charge in [0.1, 0.15) is 13.2 Å². The van der Waals surface area contributed by atoms with Gasteiger partial charge in [-0.25, -0.2) is 0 Å². The molecule has 5 rings (SSSR count). The van der Waals surface area contributed by atoms with E-state index in [2.05, 4.69) is 71.4 Å². The third-order valence-electron chi connectivity index (χ3n) is 5.19. The van der Waals surface area contributed by atoms with E-state index in [1.807, 2.05) is 6.07 Å². The number of para-hydroxylation sites is 1. The fourth-order valence-electron chi connectivity index (χ4n) is 3.91. The molecule has 0 atom stereocenters. The average Bonchev–Trinajstić information content (AvgIpc) is 3.05. The Morgan fingerprint density at radius 3 is 2.56 bits per heavy atom. The Morgan fingerprint density at radius 2 is 1.67 bits per heavy atom. The molecule has 0 bridgehead atoms. The van der Waals surface area contributed by atoms with Crippen molar-refractivity contribution in [2.75, 3.05) is 18.5 Å². The van der Waals surface area contributed by atoms with E-state index < -0.39 is 0 Å². The number of benzene rings is 3. The first kappa shape index (κ1) is 16.1. The molecule has 0 fully saturated rings.